The first kappa shape index (κ1) is 23.4. The van der Waals surface area contributed by atoms with Crippen LogP contribution in [-0.2, 0) is 11.2 Å². The SMILES string of the molecule is C=C(C=CC1=C(C)CCC1C)OCCc1nc(C(C)=CC=C(C)C(C)C)sc1C. The van der Waals surface area contributed by atoms with Crippen LogP contribution in [0.25, 0.3) is 5.57 Å². The zero-order valence-electron chi connectivity index (χ0n) is 19.3. The van der Waals surface area contributed by atoms with Gasteiger partial charge >= 0.3 is 0 Å². The van der Waals surface area contributed by atoms with Gasteiger partial charge in [-0.3, -0.25) is 0 Å². The number of thiazole rings is 1. The molecule has 0 amide bonds. The zero-order chi connectivity index (χ0) is 21.6. The number of allylic oxidation sites excluding steroid dienone is 8. The summed E-state index contributed by atoms with van der Waals surface area (Å²) < 4.78 is 5.84. The molecule has 1 unspecified atom stereocenters. The van der Waals surface area contributed by atoms with Crippen LogP contribution in [0.1, 0.15) is 70.0 Å². The van der Waals surface area contributed by atoms with Crippen molar-refractivity contribution in [1.29, 1.82) is 0 Å². The quantitative estimate of drug-likeness (QED) is 0.305. The van der Waals surface area contributed by atoms with Gasteiger partial charge in [0.15, 0.2) is 0 Å². The van der Waals surface area contributed by atoms with E-state index in [9.17, 15) is 0 Å². The van der Waals surface area contributed by atoms with Gasteiger partial charge in [-0.25, -0.2) is 4.98 Å². The van der Waals surface area contributed by atoms with E-state index in [2.05, 4.69) is 73.3 Å². The molecule has 1 heterocycles. The Morgan fingerprint density at radius 2 is 2.00 bits per heavy atom. The third kappa shape index (κ3) is 6.85. The number of aryl methyl sites for hydroxylation is 1. The van der Waals surface area contributed by atoms with E-state index in [4.69, 9.17) is 9.72 Å². The second-order valence-electron chi connectivity index (χ2n) is 8.51. The van der Waals surface area contributed by atoms with E-state index in [1.807, 2.05) is 6.08 Å². The Morgan fingerprint density at radius 3 is 2.62 bits per heavy atom. The smallest absolute Gasteiger partial charge is 0.119 e. The van der Waals surface area contributed by atoms with Gasteiger partial charge in [0.05, 0.1) is 12.3 Å². The van der Waals surface area contributed by atoms with Crippen molar-refractivity contribution in [2.45, 2.75) is 67.7 Å². The van der Waals surface area contributed by atoms with Gasteiger partial charge in [0.2, 0.25) is 0 Å². The normalized spacial score (nSPS) is 18.4. The first-order valence-electron chi connectivity index (χ1n) is 10.7. The summed E-state index contributed by atoms with van der Waals surface area (Å²) in [6, 6.07) is 0. The fourth-order valence-corrected chi connectivity index (χ4v) is 4.26. The van der Waals surface area contributed by atoms with E-state index >= 15 is 0 Å². The molecular weight excluding hydrogens is 374 g/mol. The van der Waals surface area contributed by atoms with Crippen molar-refractivity contribution in [2.75, 3.05) is 6.61 Å². The summed E-state index contributed by atoms with van der Waals surface area (Å²) in [5, 5.41) is 1.10. The minimum atomic E-state index is 0.573. The molecule has 0 fully saturated rings. The summed E-state index contributed by atoms with van der Waals surface area (Å²) in [7, 11) is 0. The molecule has 29 heavy (non-hydrogen) atoms. The van der Waals surface area contributed by atoms with E-state index in [-0.39, 0.29) is 0 Å². The molecule has 1 atom stereocenters. The van der Waals surface area contributed by atoms with Gasteiger partial charge in [-0.15, -0.1) is 11.3 Å². The lowest BCUT2D eigenvalue weighted by molar-refractivity contribution is 0.229. The lowest BCUT2D eigenvalue weighted by atomic mass is 10.0. The number of aromatic nitrogens is 1. The largest absolute Gasteiger partial charge is 0.494 e. The number of hydrogen-bond acceptors (Lipinski definition) is 3. The van der Waals surface area contributed by atoms with Crippen molar-refractivity contribution in [3.05, 3.63) is 68.9 Å². The van der Waals surface area contributed by atoms with E-state index in [1.165, 1.54) is 40.0 Å². The molecule has 1 aromatic rings. The van der Waals surface area contributed by atoms with Gasteiger partial charge in [-0.2, -0.15) is 0 Å². The van der Waals surface area contributed by atoms with Crippen molar-refractivity contribution < 1.29 is 4.74 Å². The van der Waals surface area contributed by atoms with Gasteiger partial charge < -0.3 is 4.74 Å². The molecule has 0 spiro atoms. The molecular formula is C26H37NOS. The van der Waals surface area contributed by atoms with Crippen LogP contribution in [0, 0.1) is 18.8 Å². The molecule has 0 aromatic carbocycles. The van der Waals surface area contributed by atoms with Crippen molar-refractivity contribution in [3.63, 3.8) is 0 Å². The summed E-state index contributed by atoms with van der Waals surface area (Å²) in [6.45, 7) is 20.1. The van der Waals surface area contributed by atoms with Gasteiger partial charge in [0, 0.05) is 11.3 Å². The molecule has 2 nitrogen and oxygen atoms in total. The molecule has 0 radical (unpaired) electrons. The maximum absolute atomic E-state index is 5.84. The molecule has 0 aliphatic heterocycles. The van der Waals surface area contributed by atoms with Crippen molar-refractivity contribution in [2.24, 2.45) is 11.8 Å². The Labute approximate surface area is 181 Å². The summed E-state index contributed by atoms with van der Waals surface area (Å²) >= 11 is 1.76. The first-order valence-corrected chi connectivity index (χ1v) is 11.5. The van der Waals surface area contributed by atoms with Crippen molar-refractivity contribution in [1.82, 2.24) is 4.98 Å². The summed E-state index contributed by atoms with van der Waals surface area (Å²) in [6.07, 6.45) is 11.9. The summed E-state index contributed by atoms with van der Waals surface area (Å²) in [5.74, 6) is 1.94. The molecule has 1 aliphatic carbocycles. The number of ether oxygens (including phenoxy) is 1. The van der Waals surface area contributed by atoms with Crippen LogP contribution >= 0.6 is 11.3 Å². The molecule has 0 saturated heterocycles. The monoisotopic (exact) mass is 411 g/mol. The van der Waals surface area contributed by atoms with Gasteiger partial charge in [0.25, 0.3) is 0 Å². The predicted octanol–water partition coefficient (Wildman–Crippen LogP) is 7.83. The minimum Gasteiger partial charge on any atom is -0.494 e. The summed E-state index contributed by atoms with van der Waals surface area (Å²) in [5.41, 5.74) is 6.66. The second-order valence-corrected chi connectivity index (χ2v) is 9.71. The maximum Gasteiger partial charge on any atom is 0.119 e. The van der Waals surface area contributed by atoms with Crippen LogP contribution in [0.4, 0.5) is 0 Å². The standard InChI is InChI=1S/C26H37NOS/c1-17(2)18(3)9-12-21(6)26-27-25(23(8)29-26)15-16-28-22(7)13-14-24-19(4)10-11-20(24)5/h9,12-14,17,19H,7,10-11,15-16H2,1-6,8H3. The molecule has 0 bridgehead atoms. The van der Waals surface area contributed by atoms with E-state index in [0.29, 0.717) is 18.4 Å². The molecule has 0 N–H and O–H groups in total. The highest BCUT2D eigenvalue weighted by molar-refractivity contribution is 7.12. The average molecular weight is 412 g/mol. The second kappa shape index (κ2) is 10.8. The predicted molar refractivity (Wildman–Crippen MR) is 128 cm³/mol. The van der Waals surface area contributed by atoms with Crippen LogP contribution in [0.5, 0.6) is 0 Å². The Kier molecular flexibility index (Phi) is 8.70. The van der Waals surface area contributed by atoms with Gasteiger partial charge in [-0.1, -0.05) is 56.7 Å². The van der Waals surface area contributed by atoms with Crippen molar-refractivity contribution >= 4 is 16.9 Å². The Morgan fingerprint density at radius 1 is 1.28 bits per heavy atom. The van der Waals surface area contributed by atoms with Crippen molar-refractivity contribution in [3.8, 4) is 0 Å². The lowest BCUT2D eigenvalue weighted by Gasteiger charge is -2.07. The molecule has 2 rings (SSSR count). The number of hydrogen-bond donors (Lipinski definition) is 0. The third-order valence-corrected chi connectivity index (χ3v) is 6.94. The minimum absolute atomic E-state index is 0.573. The lowest BCUT2D eigenvalue weighted by Crippen LogP contribution is -1.99. The van der Waals surface area contributed by atoms with Crippen LogP contribution in [-0.4, -0.2) is 11.6 Å². The Hall–Kier alpha value is -1.87. The van der Waals surface area contributed by atoms with Crippen LogP contribution < -0.4 is 0 Å². The molecule has 1 aliphatic rings. The van der Waals surface area contributed by atoms with E-state index in [1.54, 1.807) is 11.3 Å². The highest BCUT2D eigenvalue weighted by atomic mass is 32.1. The van der Waals surface area contributed by atoms with Crippen LogP contribution in [0.3, 0.4) is 0 Å². The van der Waals surface area contributed by atoms with Gasteiger partial charge in [-0.05, 0) is 69.6 Å². The molecule has 1 aromatic heterocycles. The average Bonchev–Trinajstić information content (AvgIpc) is 3.19. The van der Waals surface area contributed by atoms with E-state index < -0.39 is 0 Å². The fraction of sp³-hybridized carbons (Fsp3) is 0.500. The van der Waals surface area contributed by atoms with Gasteiger partial charge in [0.1, 0.15) is 10.8 Å². The molecule has 158 valence electrons. The zero-order valence-corrected chi connectivity index (χ0v) is 20.1. The number of rotatable bonds is 9. The number of nitrogens with zero attached hydrogens (tertiary/aromatic N) is 1. The van der Waals surface area contributed by atoms with Crippen LogP contribution in [0.15, 0.2) is 53.4 Å². The van der Waals surface area contributed by atoms with Crippen LogP contribution in [0.2, 0.25) is 0 Å². The molecule has 3 heteroatoms. The highest BCUT2D eigenvalue weighted by Gasteiger charge is 2.16. The Bertz CT molecular complexity index is 848. The maximum atomic E-state index is 5.84. The Balaban J connectivity index is 1.90. The highest BCUT2D eigenvalue weighted by Crippen LogP contribution is 2.32. The van der Waals surface area contributed by atoms with E-state index in [0.717, 1.165) is 22.9 Å². The first-order chi connectivity index (χ1) is 13.7. The topological polar surface area (TPSA) is 22.1 Å². The molecule has 0 saturated carbocycles. The third-order valence-electron chi connectivity index (χ3n) is 5.79. The summed E-state index contributed by atoms with van der Waals surface area (Å²) in [4.78, 5) is 6.11. The fourth-order valence-electron chi connectivity index (χ4n) is 3.32.